The van der Waals surface area contributed by atoms with E-state index in [1.807, 2.05) is 0 Å². The lowest BCUT2D eigenvalue weighted by atomic mass is 10.1. The predicted molar refractivity (Wildman–Crippen MR) is 85.8 cm³/mol. The van der Waals surface area contributed by atoms with Gasteiger partial charge in [-0.3, -0.25) is 4.79 Å². The van der Waals surface area contributed by atoms with Crippen LogP contribution in [0.25, 0.3) is 10.3 Å². The summed E-state index contributed by atoms with van der Waals surface area (Å²) in [5.41, 5.74) is 3.84. The topological polar surface area (TPSA) is 156 Å². The van der Waals surface area contributed by atoms with E-state index >= 15 is 0 Å². The van der Waals surface area contributed by atoms with E-state index in [1.54, 1.807) is 0 Å². The maximum Gasteiger partial charge on any atom is 0.312 e. The molecule has 6 N–H and O–H groups in total. The molecule has 1 saturated carbocycles. The third kappa shape index (κ3) is 2.28. The number of nitrogens with zero attached hydrogens (tertiary/aromatic N) is 3. The number of nitrogens with two attached hydrogens (primary N) is 1. The molecular formula is C13H17N5O5S. The van der Waals surface area contributed by atoms with Gasteiger partial charge in [-0.15, -0.1) is 0 Å². The van der Waals surface area contributed by atoms with Gasteiger partial charge >= 0.3 is 4.87 Å². The second kappa shape index (κ2) is 5.36. The van der Waals surface area contributed by atoms with Gasteiger partial charge in [-0.25, -0.2) is 4.57 Å². The third-order valence-electron chi connectivity index (χ3n) is 4.27. The molecule has 1 aliphatic carbocycles. The van der Waals surface area contributed by atoms with Crippen LogP contribution in [0.4, 0.5) is 11.8 Å². The molecule has 0 unspecified atom stereocenters. The first-order chi connectivity index (χ1) is 11.4. The Labute approximate surface area is 139 Å². The second-order valence-corrected chi connectivity index (χ2v) is 7.02. The van der Waals surface area contributed by atoms with Crippen LogP contribution in [0.2, 0.25) is 0 Å². The molecule has 130 valence electrons. The van der Waals surface area contributed by atoms with Crippen molar-refractivity contribution in [3.8, 4) is 0 Å². The number of hydrogen-bond acceptors (Lipinski definition) is 10. The van der Waals surface area contributed by atoms with E-state index in [1.165, 1.54) is 0 Å². The van der Waals surface area contributed by atoms with Crippen molar-refractivity contribution in [1.82, 2.24) is 14.5 Å². The molecule has 2 aliphatic rings. The van der Waals surface area contributed by atoms with E-state index in [0.717, 1.165) is 28.7 Å². The van der Waals surface area contributed by atoms with E-state index in [-0.39, 0.29) is 24.2 Å². The fourth-order valence-electron chi connectivity index (χ4n) is 2.83. The first-order valence-corrected chi connectivity index (χ1v) is 8.34. The SMILES string of the molecule is Nc1nc(NC2CC2)c2sc(=O)n([C@@]3(O)CO[C@H](CO)[C@H]3O)c2n1. The summed E-state index contributed by atoms with van der Waals surface area (Å²) < 4.78 is 6.63. The van der Waals surface area contributed by atoms with Crippen molar-refractivity contribution in [2.75, 3.05) is 24.3 Å². The van der Waals surface area contributed by atoms with Crippen LogP contribution in [-0.2, 0) is 10.5 Å². The van der Waals surface area contributed by atoms with Gasteiger partial charge in [-0.1, -0.05) is 11.3 Å². The van der Waals surface area contributed by atoms with Gasteiger partial charge in [0.05, 0.1) is 13.2 Å². The largest absolute Gasteiger partial charge is 0.394 e. The number of fused-ring (bicyclic) bond motifs is 1. The molecule has 2 fully saturated rings. The molecule has 0 radical (unpaired) electrons. The average Bonchev–Trinajstić information content (AvgIpc) is 3.21. The molecule has 11 heteroatoms. The molecule has 24 heavy (non-hydrogen) atoms. The van der Waals surface area contributed by atoms with E-state index in [9.17, 15) is 20.1 Å². The summed E-state index contributed by atoms with van der Waals surface area (Å²) in [5, 5.41) is 33.5. The standard InChI is InChI=1S/C13H17N5O5S/c14-11-16-9(15-5-1-2-5)7-10(17-11)18(12(21)24-7)13(22)4-23-6(3-19)8(13)20/h5-6,8,19-20,22H,1-4H2,(H3,14,15,16,17)/t6-,8-,13-/m1/s1. The van der Waals surface area contributed by atoms with Crippen LogP contribution in [0, 0.1) is 0 Å². The molecule has 10 nitrogen and oxygen atoms in total. The van der Waals surface area contributed by atoms with Gasteiger partial charge in [0, 0.05) is 6.04 Å². The van der Waals surface area contributed by atoms with Crippen LogP contribution in [-0.4, -0.2) is 61.3 Å². The number of aliphatic hydroxyl groups is 3. The number of rotatable bonds is 4. The summed E-state index contributed by atoms with van der Waals surface area (Å²) in [6, 6.07) is 0.287. The minimum Gasteiger partial charge on any atom is -0.394 e. The first-order valence-electron chi connectivity index (χ1n) is 7.53. The highest BCUT2D eigenvalue weighted by atomic mass is 32.1. The molecule has 0 bridgehead atoms. The summed E-state index contributed by atoms with van der Waals surface area (Å²) in [6.07, 6.45) is -0.445. The van der Waals surface area contributed by atoms with Crippen LogP contribution in [0.3, 0.4) is 0 Å². The fourth-order valence-corrected chi connectivity index (χ4v) is 3.77. The Kier molecular flexibility index (Phi) is 3.51. The Morgan fingerprint density at radius 2 is 2.21 bits per heavy atom. The van der Waals surface area contributed by atoms with Gasteiger partial charge in [0.15, 0.2) is 17.2 Å². The Bertz CT molecular complexity index is 849. The van der Waals surface area contributed by atoms with E-state index < -0.39 is 29.4 Å². The highest BCUT2D eigenvalue weighted by molar-refractivity contribution is 7.17. The first kappa shape index (κ1) is 15.7. The molecule has 1 saturated heterocycles. The van der Waals surface area contributed by atoms with Crippen molar-refractivity contribution >= 4 is 33.5 Å². The van der Waals surface area contributed by atoms with Gasteiger partial charge in [0.1, 0.15) is 16.9 Å². The van der Waals surface area contributed by atoms with Gasteiger partial charge in [-0.2, -0.15) is 9.97 Å². The van der Waals surface area contributed by atoms with Crippen molar-refractivity contribution in [1.29, 1.82) is 0 Å². The zero-order chi connectivity index (χ0) is 17.1. The number of ether oxygens (including phenoxy) is 1. The molecule has 3 atom stereocenters. The lowest BCUT2D eigenvalue weighted by Gasteiger charge is -2.27. The van der Waals surface area contributed by atoms with Crippen molar-refractivity contribution in [3.63, 3.8) is 0 Å². The maximum atomic E-state index is 12.5. The highest BCUT2D eigenvalue weighted by Gasteiger charge is 2.51. The zero-order valence-corrected chi connectivity index (χ0v) is 13.4. The van der Waals surface area contributed by atoms with Crippen LogP contribution >= 0.6 is 11.3 Å². The number of hydrogen-bond donors (Lipinski definition) is 5. The van der Waals surface area contributed by atoms with Crippen LogP contribution in [0.15, 0.2) is 4.79 Å². The molecule has 0 spiro atoms. The number of thiazole rings is 1. The van der Waals surface area contributed by atoms with Gasteiger partial charge in [-0.05, 0) is 12.8 Å². The molecule has 2 aromatic rings. The van der Waals surface area contributed by atoms with Gasteiger partial charge in [0.2, 0.25) is 5.95 Å². The van der Waals surface area contributed by atoms with Crippen molar-refractivity contribution in [3.05, 3.63) is 9.67 Å². The quantitative estimate of drug-likeness (QED) is 0.436. The minimum absolute atomic E-state index is 0.0482. The number of aliphatic hydroxyl groups excluding tert-OH is 2. The Morgan fingerprint density at radius 3 is 2.83 bits per heavy atom. The summed E-state index contributed by atoms with van der Waals surface area (Å²) in [7, 11) is 0. The van der Waals surface area contributed by atoms with E-state index in [4.69, 9.17) is 10.5 Å². The Hall–Kier alpha value is -1.79. The second-order valence-electron chi connectivity index (χ2n) is 6.06. The summed E-state index contributed by atoms with van der Waals surface area (Å²) >= 11 is 0.855. The lowest BCUT2D eigenvalue weighted by Crippen LogP contribution is -2.50. The number of anilines is 2. The van der Waals surface area contributed by atoms with Crippen LogP contribution in [0.1, 0.15) is 12.8 Å². The number of nitrogen functional groups attached to an aromatic ring is 1. The Balaban J connectivity index is 1.88. The van der Waals surface area contributed by atoms with E-state index in [0.29, 0.717) is 10.5 Å². The Morgan fingerprint density at radius 1 is 1.46 bits per heavy atom. The van der Waals surface area contributed by atoms with Gasteiger partial charge < -0.3 is 31.1 Å². The summed E-state index contributed by atoms with van der Waals surface area (Å²) in [6.45, 7) is -0.827. The lowest BCUT2D eigenvalue weighted by molar-refractivity contribution is -0.111. The van der Waals surface area contributed by atoms with Crippen LogP contribution in [0.5, 0.6) is 0 Å². The molecule has 0 amide bonds. The maximum absolute atomic E-state index is 12.5. The number of aromatic nitrogens is 3. The van der Waals surface area contributed by atoms with E-state index in [2.05, 4.69) is 15.3 Å². The summed E-state index contributed by atoms with van der Waals surface area (Å²) in [4.78, 5) is 20.2. The normalized spacial score (nSPS) is 30.1. The molecule has 3 heterocycles. The smallest absolute Gasteiger partial charge is 0.312 e. The molecule has 1 aliphatic heterocycles. The molecule has 0 aromatic carbocycles. The zero-order valence-electron chi connectivity index (χ0n) is 12.5. The minimum atomic E-state index is -2.03. The third-order valence-corrected chi connectivity index (χ3v) is 5.21. The average molecular weight is 355 g/mol. The number of nitrogens with one attached hydrogen (secondary N) is 1. The monoisotopic (exact) mass is 355 g/mol. The van der Waals surface area contributed by atoms with Crippen molar-refractivity contribution in [2.24, 2.45) is 0 Å². The summed E-state index contributed by atoms with van der Waals surface area (Å²) in [5.74, 6) is 0.393. The highest BCUT2D eigenvalue weighted by Crippen LogP contribution is 2.35. The predicted octanol–water partition coefficient (Wildman–Crippen LogP) is -1.59. The molecule has 2 aromatic heterocycles. The van der Waals surface area contributed by atoms with Crippen molar-refractivity contribution < 1.29 is 20.1 Å². The van der Waals surface area contributed by atoms with Gasteiger partial charge in [0.25, 0.3) is 0 Å². The van der Waals surface area contributed by atoms with Crippen LogP contribution < -0.4 is 15.9 Å². The fraction of sp³-hybridized carbons (Fsp3) is 0.615. The molecule has 4 rings (SSSR count). The molecular weight excluding hydrogens is 338 g/mol. The van der Waals surface area contributed by atoms with Crippen molar-refractivity contribution in [2.45, 2.75) is 36.8 Å².